The average molecular weight is 793 g/mol. The van der Waals surface area contributed by atoms with Crippen molar-refractivity contribution in [2.24, 2.45) is 0 Å². The molecule has 2 unspecified atom stereocenters. The third-order valence-electron chi connectivity index (χ3n) is 9.06. The number of carbonyl (C=O) groups is 2. The number of allylic oxidation sites excluding steroid dienone is 10. The molecule has 0 aromatic carbocycles. The smallest absolute Gasteiger partial charge is 0.462 e. The van der Waals surface area contributed by atoms with Gasteiger partial charge in [-0.05, 0) is 84.0 Å². The van der Waals surface area contributed by atoms with Gasteiger partial charge in [-0.1, -0.05) is 158 Å². The van der Waals surface area contributed by atoms with Crippen LogP contribution in [0.15, 0.2) is 60.8 Å². The zero-order valence-electron chi connectivity index (χ0n) is 35.3. The van der Waals surface area contributed by atoms with Crippen molar-refractivity contribution in [2.75, 3.05) is 19.8 Å². The number of rotatable bonds is 40. The summed E-state index contributed by atoms with van der Waals surface area (Å²) in [5.74, 6) is -0.820. The predicted octanol–water partition coefficient (Wildman–Crippen LogP) is 13.9. The molecule has 0 saturated carbocycles. The fourth-order valence-electron chi connectivity index (χ4n) is 5.85. The summed E-state index contributed by atoms with van der Waals surface area (Å²) in [4.78, 5) is 34.8. The molecule has 318 valence electrons. The van der Waals surface area contributed by atoms with Gasteiger partial charge in [-0.25, -0.2) is 4.57 Å². The lowest BCUT2D eigenvalue weighted by molar-refractivity contribution is -0.161. The second kappa shape index (κ2) is 41.4. The number of phosphoric acid groups is 1. The van der Waals surface area contributed by atoms with E-state index in [0.29, 0.717) is 6.42 Å². The second-order valence-corrected chi connectivity index (χ2v) is 15.8. The van der Waals surface area contributed by atoms with Gasteiger partial charge in [0.2, 0.25) is 0 Å². The first-order valence-corrected chi connectivity index (χ1v) is 23.6. The Bertz CT molecular complexity index is 1080. The molecule has 0 fully saturated rings. The Morgan fingerprint density at radius 2 is 0.927 bits per heavy atom. The molecular weight excluding hydrogens is 711 g/mol. The third kappa shape index (κ3) is 41.2. The molecule has 0 aromatic rings. The summed E-state index contributed by atoms with van der Waals surface area (Å²) < 4.78 is 32.7. The molecule has 55 heavy (non-hydrogen) atoms. The number of hydrogen-bond donors (Lipinski definition) is 1. The average Bonchev–Trinajstić information content (AvgIpc) is 3.16. The van der Waals surface area contributed by atoms with E-state index in [2.05, 4.69) is 74.6 Å². The van der Waals surface area contributed by atoms with Crippen molar-refractivity contribution in [1.29, 1.82) is 0 Å². The zero-order chi connectivity index (χ0) is 40.3. The van der Waals surface area contributed by atoms with Crippen LogP contribution in [0.5, 0.6) is 0 Å². The zero-order valence-corrected chi connectivity index (χ0v) is 36.2. The molecule has 0 amide bonds. The van der Waals surface area contributed by atoms with Crippen LogP contribution in [-0.2, 0) is 32.7 Å². The molecule has 0 rings (SSSR count). The summed E-state index contributed by atoms with van der Waals surface area (Å²) in [5.41, 5.74) is 0. The highest BCUT2D eigenvalue weighted by Crippen LogP contribution is 2.43. The molecule has 8 nitrogen and oxygen atoms in total. The highest BCUT2D eigenvalue weighted by Gasteiger charge is 2.25. The molecule has 0 aliphatic heterocycles. The molecule has 0 heterocycles. The van der Waals surface area contributed by atoms with Crippen molar-refractivity contribution in [3.63, 3.8) is 0 Å². The summed E-state index contributed by atoms with van der Waals surface area (Å²) >= 11 is 0. The van der Waals surface area contributed by atoms with Crippen LogP contribution in [0.2, 0.25) is 0 Å². The van der Waals surface area contributed by atoms with Crippen LogP contribution in [0.1, 0.15) is 194 Å². The summed E-state index contributed by atoms with van der Waals surface area (Å²) in [6.07, 6.45) is 49.8. The number of carbonyl (C=O) groups excluding carboxylic acids is 2. The maximum absolute atomic E-state index is 12.6. The molecule has 0 saturated heterocycles. The minimum Gasteiger partial charge on any atom is -0.462 e. The maximum Gasteiger partial charge on any atom is 0.472 e. The Labute approximate surface area is 337 Å². The molecule has 0 aliphatic carbocycles. The Hall–Kier alpha value is -2.25. The van der Waals surface area contributed by atoms with Crippen molar-refractivity contribution in [3.8, 4) is 0 Å². The number of ether oxygens (including phenoxy) is 2. The summed E-state index contributed by atoms with van der Waals surface area (Å²) in [6.45, 7) is 5.33. The number of hydrogen-bond acceptors (Lipinski definition) is 7. The van der Waals surface area contributed by atoms with Gasteiger partial charge in [-0.2, -0.15) is 0 Å². The molecule has 0 aliphatic rings. The molecule has 0 spiro atoms. The van der Waals surface area contributed by atoms with Crippen LogP contribution in [0.3, 0.4) is 0 Å². The Morgan fingerprint density at radius 3 is 1.40 bits per heavy atom. The van der Waals surface area contributed by atoms with E-state index in [1.807, 2.05) is 0 Å². The minimum absolute atomic E-state index is 0.00550. The van der Waals surface area contributed by atoms with E-state index in [0.717, 1.165) is 83.5 Å². The standard InChI is InChI=1S/C46H81O8P/c1-4-7-9-11-13-15-17-19-21-23-25-26-28-30-32-34-36-38-40-45(47)51-42-44(43-53-55(49,50)52-6-3)54-46(48)41-39-37-35-33-31-29-27-24-22-20-18-16-14-12-10-8-5-2/h8,10,14-17,20-23,44H,4-7,9,11-13,18-19,24-43H2,1-3H3,(H,49,50)/b10-8-,16-14-,17-15-,22-20-,23-21-. The van der Waals surface area contributed by atoms with E-state index in [1.54, 1.807) is 6.92 Å². The first kappa shape index (κ1) is 52.8. The van der Waals surface area contributed by atoms with Crippen LogP contribution in [0.25, 0.3) is 0 Å². The Balaban J connectivity index is 4.10. The molecule has 1 N–H and O–H groups in total. The molecular formula is C46H81O8P. The number of unbranched alkanes of at least 4 members (excludes halogenated alkanes) is 18. The molecule has 0 aromatic heterocycles. The largest absolute Gasteiger partial charge is 0.472 e. The lowest BCUT2D eigenvalue weighted by Crippen LogP contribution is -2.29. The fraction of sp³-hybridized carbons (Fsp3) is 0.739. The van der Waals surface area contributed by atoms with Gasteiger partial charge in [0.05, 0.1) is 13.2 Å². The van der Waals surface area contributed by atoms with E-state index in [-0.39, 0.29) is 32.0 Å². The molecule has 0 radical (unpaired) electrons. The predicted molar refractivity (Wildman–Crippen MR) is 230 cm³/mol. The summed E-state index contributed by atoms with van der Waals surface area (Å²) in [6, 6.07) is 0. The van der Waals surface area contributed by atoms with Crippen LogP contribution >= 0.6 is 7.82 Å². The highest BCUT2D eigenvalue weighted by molar-refractivity contribution is 7.47. The van der Waals surface area contributed by atoms with Gasteiger partial charge in [0.25, 0.3) is 0 Å². The van der Waals surface area contributed by atoms with Crippen molar-refractivity contribution in [3.05, 3.63) is 60.8 Å². The topological polar surface area (TPSA) is 108 Å². The van der Waals surface area contributed by atoms with Gasteiger partial charge < -0.3 is 14.4 Å². The highest BCUT2D eigenvalue weighted by atomic mass is 31.2. The number of esters is 2. The van der Waals surface area contributed by atoms with Gasteiger partial charge in [0.15, 0.2) is 6.10 Å². The van der Waals surface area contributed by atoms with Crippen LogP contribution in [-0.4, -0.2) is 42.8 Å². The van der Waals surface area contributed by atoms with Gasteiger partial charge in [-0.15, -0.1) is 0 Å². The van der Waals surface area contributed by atoms with Crippen LogP contribution in [0, 0.1) is 0 Å². The first-order chi connectivity index (χ1) is 26.8. The van der Waals surface area contributed by atoms with Crippen molar-refractivity contribution >= 4 is 19.8 Å². The van der Waals surface area contributed by atoms with Crippen LogP contribution < -0.4 is 0 Å². The van der Waals surface area contributed by atoms with Gasteiger partial charge in [-0.3, -0.25) is 18.6 Å². The van der Waals surface area contributed by atoms with E-state index in [1.165, 1.54) is 70.6 Å². The quantitative estimate of drug-likeness (QED) is 0.0283. The molecule has 2 atom stereocenters. The normalized spacial score (nSPS) is 13.9. The van der Waals surface area contributed by atoms with E-state index in [9.17, 15) is 19.0 Å². The molecule has 9 heteroatoms. The fourth-order valence-corrected chi connectivity index (χ4v) is 6.61. The lowest BCUT2D eigenvalue weighted by atomic mass is 10.1. The first-order valence-electron chi connectivity index (χ1n) is 22.1. The lowest BCUT2D eigenvalue weighted by Gasteiger charge is -2.19. The van der Waals surface area contributed by atoms with Gasteiger partial charge >= 0.3 is 19.8 Å². The van der Waals surface area contributed by atoms with E-state index < -0.39 is 26.5 Å². The maximum atomic E-state index is 12.6. The Morgan fingerprint density at radius 1 is 0.509 bits per heavy atom. The SMILES string of the molecule is CC/C=C\C/C=C\C/C=C\CCCCCCCCCC(=O)OC(COC(=O)CCCCCCCCC/C=C\C/C=C\CCCCCC)COP(=O)(O)OCC. The number of phosphoric ester groups is 1. The van der Waals surface area contributed by atoms with Gasteiger partial charge in [0.1, 0.15) is 6.61 Å². The van der Waals surface area contributed by atoms with Crippen molar-refractivity contribution in [1.82, 2.24) is 0 Å². The summed E-state index contributed by atoms with van der Waals surface area (Å²) in [7, 11) is -4.29. The summed E-state index contributed by atoms with van der Waals surface area (Å²) in [5, 5.41) is 0. The van der Waals surface area contributed by atoms with E-state index in [4.69, 9.17) is 18.5 Å². The van der Waals surface area contributed by atoms with E-state index >= 15 is 0 Å². The minimum atomic E-state index is -4.29. The van der Waals surface area contributed by atoms with Crippen LogP contribution in [0.4, 0.5) is 0 Å². The van der Waals surface area contributed by atoms with Crippen molar-refractivity contribution in [2.45, 2.75) is 200 Å². The van der Waals surface area contributed by atoms with Gasteiger partial charge in [0, 0.05) is 12.8 Å². The Kier molecular flexibility index (Phi) is 39.7. The van der Waals surface area contributed by atoms with Crippen molar-refractivity contribution < 1.29 is 37.6 Å². The molecule has 0 bridgehead atoms. The monoisotopic (exact) mass is 793 g/mol. The third-order valence-corrected chi connectivity index (χ3v) is 10.1. The second-order valence-electron chi connectivity index (χ2n) is 14.3.